The number of rotatable bonds is 9. The maximum Gasteiger partial charge on any atom is 0.122 e. The average molecular weight is 655 g/mol. The van der Waals surface area contributed by atoms with Gasteiger partial charge in [-0.2, -0.15) is 0 Å². The van der Waals surface area contributed by atoms with Crippen LogP contribution in [0.2, 0.25) is 0 Å². The van der Waals surface area contributed by atoms with E-state index in [2.05, 4.69) is 55.1 Å². The average Bonchev–Trinajstić information content (AvgIpc) is 3.52. The Morgan fingerprint density at radius 1 is 1.09 bits per heavy atom. The largest absolute Gasteiger partial charge is 0.489 e. The van der Waals surface area contributed by atoms with Crippen LogP contribution in [-0.4, -0.2) is 71.8 Å². The second-order valence-corrected chi connectivity index (χ2v) is 14.4. The predicted molar refractivity (Wildman–Crippen MR) is 179 cm³/mol. The molecule has 9 heteroatoms. The van der Waals surface area contributed by atoms with Crippen molar-refractivity contribution in [3.05, 3.63) is 87.5 Å². The number of ether oxygens (including phenoxy) is 3. The van der Waals surface area contributed by atoms with Gasteiger partial charge in [-0.3, -0.25) is 4.90 Å². The summed E-state index contributed by atoms with van der Waals surface area (Å²) in [4.78, 5) is 2.36. The molecule has 46 heavy (non-hydrogen) atoms. The number of hydrogen-bond acceptors (Lipinski definition) is 7. The summed E-state index contributed by atoms with van der Waals surface area (Å²) in [6.07, 6.45) is 7.18. The van der Waals surface area contributed by atoms with Gasteiger partial charge in [0.1, 0.15) is 35.0 Å². The van der Waals surface area contributed by atoms with Crippen molar-refractivity contribution in [1.29, 1.82) is 0 Å². The van der Waals surface area contributed by atoms with Crippen LogP contribution in [0.5, 0.6) is 5.75 Å². The minimum atomic E-state index is -0.602. The molecule has 0 aromatic heterocycles. The zero-order valence-corrected chi connectivity index (χ0v) is 28.0. The Morgan fingerprint density at radius 2 is 1.93 bits per heavy atom. The van der Waals surface area contributed by atoms with Crippen LogP contribution >= 0.6 is 11.8 Å². The molecule has 3 saturated heterocycles. The summed E-state index contributed by atoms with van der Waals surface area (Å²) in [5.74, 6) is 0.278. The molecule has 2 aromatic carbocycles. The molecule has 0 bridgehead atoms. The van der Waals surface area contributed by atoms with Crippen molar-refractivity contribution < 1.29 is 28.1 Å². The van der Waals surface area contributed by atoms with Gasteiger partial charge in [-0.25, -0.2) is 8.78 Å². The molecule has 7 atom stereocenters. The molecule has 0 saturated carbocycles. The minimum Gasteiger partial charge on any atom is -0.489 e. The monoisotopic (exact) mass is 654 g/mol. The molecule has 1 aliphatic carbocycles. The maximum atomic E-state index is 14.5. The molecular weight excluding hydrogens is 606 g/mol. The quantitative estimate of drug-likeness (QED) is 0.306. The number of nitrogens with zero attached hydrogens (tertiary/aromatic N) is 1. The molecule has 0 radical (unpaired) electrons. The topological polar surface area (TPSA) is 77.2 Å². The van der Waals surface area contributed by atoms with Crippen molar-refractivity contribution >= 4 is 11.8 Å². The summed E-state index contributed by atoms with van der Waals surface area (Å²) in [6, 6.07) is 12.9. The Morgan fingerprint density at radius 3 is 2.70 bits per heavy atom. The fourth-order valence-corrected chi connectivity index (χ4v) is 8.12. The normalized spacial score (nSPS) is 30.8. The lowest BCUT2D eigenvalue weighted by Crippen LogP contribution is -2.52. The van der Waals surface area contributed by atoms with Crippen LogP contribution in [0.25, 0.3) is 0 Å². The number of likely N-dealkylation sites (tertiary alicyclic amines) is 1. The van der Waals surface area contributed by atoms with Gasteiger partial charge in [0.05, 0.1) is 18.8 Å². The fourth-order valence-electron chi connectivity index (χ4n) is 7.47. The number of aryl methyl sites for hydroxylation is 2. The lowest BCUT2D eigenvalue weighted by Gasteiger charge is -2.39. The van der Waals surface area contributed by atoms with Crippen molar-refractivity contribution in [2.75, 3.05) is 26.0 Å². The molecule has 2 aromatic rings. The Balaban J connectivity index is 1.05. The number of hydrogen-bond donors (Lipinski definition) is 2. The molecule has 3 fully saturated rings. The van der Waals surface area contributed by atoms with E-state index in [1.54, 1.807) is 11.8 Å². The summed E-state index contributed by atoms with van der Waals surface area (Å²) < 4.78 is 47.2. The number of thioether (sulfide) groups is 1. The highest BCUT2D eigenvalue weighted by Crippen LogP contribution is 2.37. The number of aliphatic hydroxyl groups excluding tert-OH is 1. The van der Waals surface area contributed by atoms with Crippen LogP contribution in [-0.2, 0) is 22.3 Å². The number of allylic oxidation sites excluding steroid dienone is 2. The summed E-state index contributed by atoms with van der Waals surface area (Å²) in [5, 5.41) is 10.4. The van der Waals surface area contributed by atoms with Gasteiger partial charge in [0.2, 0.25) is 0 Å². The van der Waals surface area contributed by atoms with E-state index in [9.17, 15) is 13.9 Å². The zero-order chi connectivity index (χ0) is 32.4. The van der Waals surface area contributed by atoms with E-state index >= 15 is 0 Å². The number of halogens is 2. The highest BCUT2D eigenvalue weighted by molar-refractivity contribution is 7.99. The maximum absolute atomic E-state index is 14.5. The predicted octanol–water partition coefficient (Wildman–Crippen LogP) is 6.86. The molecule has 0 amide bonds. The van der Waals surface area contributed by atoms with Crippen LogP contribution in [0, 0.1) is 6.92 Å². The van der Waals surface area contributed by atoms with E-state index < -0.39 is 6.10 Å². The van der Waals surface area contributed by atoms with Crippen molar-refractivity contribution in [3.8, 4) is 5.75 Å². The SMILES string of the molecule is CCc1ccc(C2CC(O)CC(SC)O2)cc1Cc1ccc(OC2CCN(C3COC(C4=C(F)CCC(F)=C4)C(N)C3)C2)c(C)c1. The van der Waals surface area contributed by atoms with Gasteiger partial charge >= 0.3 is 0 Å². The van der Waals surface area contributed by atoms with Crippen LogP contribution in [0.3, 0.4) is 0 Å². The second kappa shape index (κ2) is 14.9. The smallest absolute Gasteiger partial charge is 0.122 e. The molecule has 3 aliphatic heterocycles. The number of nitrogens with two attached hydrogens (primary N) is 1. The minimum absolute atomic E-state index is 0.0194. The standard InChI is InChI=1S/C37H48F2N2O4S/c1-4-24-6-7-25(35-18-29(42)19-36(45-35)46-3)15-26(24)14-23-5-10-34(22(2)13-23)44-30-11-12-41(20-30)28-17-33(40)37(43-21-28)31-16-27(38)8-9-32(31)39/h5-7,10,13,15-16,28-30,33,35-37,42H,4,8-9,11-12,14,17-21,40H2,1-3H3. The van der Waals surface area contributed by atoms with Gasteiger partial charge in [0, 0.05) is 56.4 Å². The van der Waals surface area contributed by atoms with Crippen LogP contribution in [0.15, 0.2) is 59.7 Å². The highest BCUT2D eigenvalue weighted by atomic mass is 32.2. The number of aliphatic hydroxyl groups is 1. The van der Waals surface area contributed by atoms with Gasteiger partial charge in [0.25, 0.3) is 0 Å². The van der Waals surface area contributed by atoms with E-state index in [4.69, 9.17) is 19.9 Å². The summed E-state index contributed by atoms with van der Waals surface area (Å²) in [6.45, 7) is 6.40. The lowest BCUT2D eigenvalue weighted by molar-refractivity contribution is -0.0605. The van der Waals surface area contributed by atoms with E-state index in [1.807, 2.05) is 6.26 Å². The van der Waals surface area contributed by atoms with E-state index in [0.29, 0.717) is 25.9 Å². The van der Waals surface area contributed by atoms with Crippen molar-refractivity contribution in [1.82, 2.24) is 4.90 Å². The molecule has 4 aliphatic rings. The summed E-state index contributed by atoms with van der Waals surface area (Å²) in [7, 11) is 0. The highest BCUT2D eigenvalue weighted by Gasteiger charge is 2.38. The Bertz CT molecular complexity index is 1450. The molecule has 3 heterocycles. The first-order valence-corrected chi connectivity index (χ1v) is 18.1. The third kappa shape index (κ3) is 7.71. The lowest BCUT2D eigenvalue weighted by atomic mass is 9.90. The van der Waals surface area contributed by atoms with Gasteiger partial charge in [-0.15, -0.1) is 11.8 Å². The third-order valence-electron chi connectivity index (χ3n) is 10.0. The fraction of sp³-hybridized carbons (Fsp3) is 0.568. The van der Waals surface area contributed by atoms with Crippen LogP contribution < -0.4 is 10.5 Å². The molecular formula is C37H48F2N2O4S. The third-order valence-corrected chi connectivity index (χ3v) is 10.9. The molecule has 0 spiro atoms. The molecule has 6 nitrogen and oxygen atoms in total. The van der Waals surface area contributed by atoms with Crippen molar-refractivity contribution in [2.24, 2.45) is 5.73 Å². The van der Waals surface area contributed by atoms with Crippen molar-refractivity contribution in [3.63, 3.8) is 0 Å². The Hall–Kier alpha value is -2.27. The molecule has 250 valence electrons. The summed E-state index contributed by atoms with van der Waals surface area (Å²) >= 11 is 1.66. The first-order valence-electron chi connectivity index (χ1n) is 16.8. The number of benzene rings is 2. The second-order valence-electron chi connectivity index (χ2n) is 13.4. The van der Waals surface area contributed by atoms with Gasteiger partial charge < -0.3 is 25.1 Å². The Labute approximate surface area is 276 Å². The van der Waals surface area contributed by atoms with E-state index in [1.165, 1.54) is 22.8 Å². The van der Waals surface area contributed by atoms with Crippen LogP contribution in [0.1, 0.15) is 79.4 Å². The van der Waals surface area contributed by atoms with Crippen LogP contribution in [0.4, 0.5) is 8.78 Å². The van der Waals surface area contributed by atoms with Gasteiger partial charge in [0.15, 0.2) is 0 Å². The first kappa shape index (κ1) is 33.6. The summed E-state index contributed by atoms with van der Waals surface area (Å²) in [5.41, 5.74) is 12.8. The first-order chi connectivity index (χ1) is 22.2. The van der Waals surface area contributed by atoms with Crippen molar-refractivity contribution in [2.45, 2.75) is 107 Å². The van der Waals surface area contributed by atoms with Gasteiger partial charge in [-0.05, 0) is 78.8 Å². The zero-order valence-electron chi connectivity index (χ0n) is 27.2. The van der Waals surface area contributed by atoms with Gasteiger partial charge in [-0.1, -0.05) is 37.3 Å². The molecule has 7 unspecified atom stereocenters. The molecule has 3 N–H and O–H groups in total. The van der Waals surface area contributed by atoms with E-state index in [0.717, 1.165) is 49.2 Å². The van der Waals surface area contributed by atoms with E-state index in [-0.39, 0.29) is 65.9 Å². The molecule has 6 rings (SSSR count). The Kier molecular flexibility index (Phi) is 10.9.